The zero-order valence-corrected chi connectivity index (χ0v) is 31.9. The van der Waals surface area contributed by atoms with E-state index in [1.54, 1.807) is 6.08 Å². The highest BCUT2D eigenvalue weighted by molar-refractivity contribution is 5.71. The maximum absolute atomic E-state index is 12.1. The minimum Gasteiger partial charge on any atom is -0.462 e. The number of unbranched alkanes of at least 4 members (excludes halogenated alkanes) is 11. The Morgan fingerprint density at radius 1 is 0.500 bits per heavy atom. The number of aliphatic hydroxyl groups is 1. The van der Waals surface area contributed by atoms with Gasteiger partial charge in [-0.1, -0.05) is 162 Å². The molecule has 5 heteroatoms. The third kappa shape index (κ3) is 37.6. The summed E-state index contributed by atoms with van der Waals surface area (Å²) in [4.78, 5) is 24.2. The van der Waals surface area contributed by atoms with E-state index in [1.807, 2.05) is 6.08 Å². The van der Waals surface area contributed by atoms with E-state index in [2.05, 4.69) is 98.9 Å². The minimum atomic E-state index is -0.837. The van der Waals surface area contributed by atoms with Gasteiger partial charge >= 0.3 is 11.9 Å². The predicted octanol–water partition coefficient (Wildman–Crippen LogP) is 12.5. The Morgan fingerprint density at radius 2 is 0.920 bits per heavy atom. The lowest BCUT2D eigenvalue weighted by molar-refractivity contribution is -0.160. The van der Waals surface area contributed by atoms with E-state index in [1.165, 1.54) is 57.8 Å². The summed E-state index contributed by atoms with van der Waals surface area (Å²) in [7, 11) is 0. The number of carbonyl (C=O) groups excluding carboxylic acids is 2. The Morgan fingerprint density at radius 3 is 1.40 bits per heavy atom. The van der Waals surface area contributed by atoms with Crippen LogP contribution >= 0.6 is 0 Å². The first-order valence-corrected chi connectivity index (χ1v) is 19.8. The van der Waals surface area contributed by atoms with Gasteiger partial charge in [-0.05, 0) is 77.0 Å². The monoisotopic (exact) mass is 693 g/mol. The van der Waals surface area contributed by atoms with Crippen molar-refractivity contribution in [3.63, 3.8) is 0 Å². The molecule has 0 aliphatic rings. The van der Waals surface area contributed by atoms with Crippen molar-refractivity contribution in [2.24, 2.45) is 0 Å². The van der Waals surface area contributed by atoms with E-state index in [0.717, 1.165) is 70.6 Å². The lowest BCUT2D eigenvalue weighted by Gasteiger charge is -2.15. The molecule has 0 rings (SSSR count). The molecule has 0 aromatic carbocycles. The molecule has 1 atom stereocenters. The van der Waals surface area contributed by atoms with Gasteiger partial charge in [-0.25, -0.2) is 0 Å². The predicted molar refractivity (Wildman–Crippen MR) is 214 cm³/mol. The van der Waals surface area contributed by atoms with Crippen molar-refractivity contribution < 1.29 is 24.2 Å². The van der Waals surface area contributed by atoms with Crippen LogP contribution in [0.4, 0.5) is 0 Å². The highest BCUT2D eigenvalue weighted by Gasteiger charge is 2.15. The zero-order valence-electron chi connectivity index (χ0n) is 31.9. The first-order chi connectivity index (χ1) is 24.6. The molecule has 0 fully saturated rings. The molecular weight excluding hydrogens is 620 g/mol. The van der Waals surface area contributed by atoms with Gasteiger partial charge in [-0.2, -0.15) is 0 Å². The summed E-state index contributed by atoms with van der Waals surface area (Å²) in [5, 5.41) is 9.53. The summed E-state index contributed by atoms with van der Waals surface area (Å²) in [5.74, 6) is -0.763. The number of aliphatic hydroxyl groups excluding tert-OH is 1. The van der Waals surface area contributed by atoms with Crippen LogP contribution in [-0.2, 0) is 19.1 Å². The Hall–Kier alpha value is -3.18. The van der Waals surface area contributed by atoms with Crippen molar-refractivity contribution in [3.05, 3.63) is 97.2 Å². The van der Waals surface area contributed by atoms with Crippen molar-refractivity contribution >= 4 is 11.9 Å². The van der Waals surface area contributed by atoms with Crippen LogP contribution in [0.3, 0.4) is 0 Å². The number of ether oxygens (including phenoxy) is 2. The summed E-state index contributed by atoms with van der Waals surface area (Å²) >= 11 is 0. The number of hydrogen-bond acceptors (Lipinski definition) is 5. The van der Waals surface area contributed by atoms with Gasteiger partial charge in [0.1, 0.15) is 6.61 Å². The van der Waals surface area contributed by atoms with E-state index in [9.17, 15) is 14.7 Å². The first kappa shape index (κ1) is 46.8. The second-order valence-electron chi connectivity index (χ2n) is 12.6. The van der Waals surface area contributed by atoms with Gasteiger partial charge in [0.2, 0.25) is 0 Å². The third-order valence-electron chi connectivity index (χ3n) is 7.89. The van der Waals surface area contributed by atoms with Crippen molar-refractivity contribution in [2.45, 2.75) is 161 Å². The Kier molecular flexibility index (Phi) is 37.7. The van der Waals surface area contributed by atoms with Crippen LogP contribution in [0.15, 0.2) is 97.2 Å². The average Bonchev–Trinajstić information content (AvgIpc) is 3.12. The maximum Gasteiger partial charge on any atom is 0.310 e. The molecule has 50 heavy (non-hydrogen) atoms. The van der Waals surface area contributed by atoms with Crippen LogP contribution in [-0.4, -0.2) is 36.4 Å². The quantitative estimate of drug-likeness (QED) is 0.0413. The smallest absolute Gasteiger partial charge is 0.310 e. The number of hydrogen-bond donors (Lipinski definition) is 1. The van der Waals surface area contributed by atoms with Crippen molar-refractivity contribution in [2.75, 3.05) is 13.2 Å². The molecule has 1 unspecified atom stereocenters. The zero-order chi connectivity index (χ0) is 36.4. The second-order valence-corrected chi connectivity index (χ2v) is 12.6. The lowest BCUT2D eigenvalue weighted by Crippen LogP contribution is -2.28. The highest BCUT2D eigenvalue weighted by atomic mass is 16.6. The molecule has 0 heterocycles. The van der Waals surface area contributed by atoms with Crippen LogP contribution in [0.2, 0.25) is 0 Å². The summed E-state index contributed by atoms with van der Waals surface area (Å²) in [6, 6.07) is 0. The number of esters is 2. The molecule has 0 radical (unpaired) electrons. The Bertz CT molecular complexity index is 1010. The summed E-state index contributed by atoms with van der Waals surface area (Å²) < 4.78 is 10.5. The van der Waals surface area contributed by atoms with Crippen LogP contribution in [0, 0.1) is 0 Å². The van der Waals surface area contributed by atoms with Gasteiger partial charge in [0.25, 0.3) is 0 Å². The lowest BCUT2D eigenvalue weighted by atomic mass is 10.1. The largest absolute Gasteiger partial charge is 0.462 e. The van der Waals surface area contributed by atoms with Crippen LogP contribution in [0.5, 0.6) is 0 Å². The van der Waals surface area contributed by atoms with Gasteiger partial charge in [0.05, 0.1) is 13.0 Å². The highest BCUT2D eigenvalue weighted by Crippen LogP contribution is 2.10. The topological polar surface area (TPSA) is 72.8 Å². The molecule has 1 N–H and O–H groups in total. The summed E-state index contributed by atoms with van der Waals surface area (Å²) in [5.41, 5.74) is 0. The molecule has 0 spiro atoms. The third-order valence-corrected chi connectivity index (χ3v) is 7.89. The molecule has 0 aliphatic heterocycles. The normalized spacial score (nSPS) is 13.3. The number of carbonyl (C=O) groups is 2. The van der Waals surface area contributed by atoms with Crippen molar-refractivity contribution in [1.82, 2.24) is 0 Å². The van der Waals surface area contributed by atoms with E-state index in [-0.39, 0.29) is 25.6 Å². The molecule has 0 saturated carbocycles. The molecule has 0 bridgehead atoms. The summed E-state index contributed by atoms with van der Waals surface area (Å²) in [6.07, 6.45) is 56.3. The molecule has 282 valence electrons. The van der Waals surface area contributed by atoms with Gasteiger partial charge in [-0.3, -0.25) is 9.59 Å². The second kappa shape index (κ2) is 40.3. The molecule has 0 amide bonds. The molecular formula is C45H72O5. The molecule has 0 aromatic rings. The Balaban J connectivity index is 3.73. The fraction of sp³-hybridized carbons (Fsp3) is 0.600. The van der Waals surface area contributed by atoms with Gasteiger partial charge in [0.15, 0.2) is 6.10 Å². The van der Waals surface area contributed by atoms with E-state index >= 15 is 0 Å². The average molecular weight is 693 g/mol. The molecule has 0 aromatic heterocycles. The standard InChI is InChI=1S/C45H72O5/c1-3-5-7-9-11-13-15-17-19-20-21-22-23-24-26-27-29-31-33-35-37-39-44(47)49-42-43(41-46)50-45(48)40-38-36-34-32-30-28-25-18-16-14-12-10-8-6-4-2/h6,8,12,14-15,17-18,20-21,23-25,30,32,36,38,43,46H,3-5,7,9-11,13,16,19,22,26-29,31,33-35,37,39-42H2,1-2H3/b8-6-,14-12-,17-15-,21-20-,24-23-,25-18-,32-30-,38-36-. The van der Waals surface area contributed by atoms with Crippen molar-refractivity contribution in [1.29, 1.82) is 0 Å². The van der Waals surface area contributed by atoms with Gasteiger partial charge < -0.3 is 14.6 Å². The maximum atomic E-state index is 12.1. The number of rotatable bonds is 34. The van der Waals surface area contributed by atoms with Crippen molar-refractivity contribution in [3.8, 4) is 0 Å². The molecule has 0 saturated heterocycles. The minimum absolute atomic E-state index is 0.114. The SMILES string of the molecule is CC/C=C\C/C=C\C/C=C\C/C=C\C/C=C\CC(=O)OC(CO)COC(=O)CCCCCCCC/C=C\C/C=C\C/C=C\CCCCCCC. The fourth-order valence-corrected chi connectivity index (χ4v) is 4.93. The molecule has 5 nitrogen and oxygen atoms in total. The van der Waals surface area contributed by atoms with Gasteiger partial charge in [-0.15, -0.1) is 0 Å². The molecule has 0 aliphatic carbocycles. The van der Waals surface area contributed by atoms with E-state index < -0.39 is 12.1 Å². The first-order valence-electron chi connectivity index (χ1n) is 19.8. The van der Waals surface area contributed by atoms with E-state index in [4.69, 9.17) is 9.47 Å². The number of allylic oxidation sites excluding steroid dienone is 15. The van der Waals surface area contributed by atoms with Gasteiger partial charge in [0, 0.05) is 6.42 Å². The van der Waals surface area contributed by atoms with E-state index in [0.29, 0.717) is 6.42 Å². The van der Waals surface area contributed by atoms with Crippen LogP contribution in [0.25, 0.3) is 0 Å². The Labute approximate surface area is 307 Å². The van der Waals surface area contributed by atoms with Crippen LogP contribution < -0.4 is 0 Å². The summed E-state index contributed by atoms with van der Waals surface area (Å²) in [6.45, 7) is 3.89. The fourth-order valence-electron chi connectivity index (χ4n) is 4.93. The van der Waals surface area contributed by atoms with Crippen LogP contribution in [0.1, 0.15) is 155 Å².